The predicted molar refractivity (Wildman–Crippen MR) is 113 cm³/mol. The molecule has 0 saturated heterocycles. The lowest BCUT2D eigenvalue weighted by Crippen LogP contribution is -2.30. The Bertz CT molecular complexity index is 836. The van der Waals surface area contributed by atoms with Gasteiger partial charge < -0.3 is 24.4 Å². The Morgan fingerprint density at radius 3 is 2.55 bits per heavy atom. The van der Waals surface area contributed by atoms with Crippen LogP contribution in [0.5, 0.6) is 17.2 Å². The molecule has 2 aromatic rings. The van der Waals surface area contributed by atoms with Crippen LogP contribution in [0.2, 0.25) is 0 Å². The van der Waals surface area contributed by atoms with Crippen LogP contribution in [-0.2, 0) is 11.2 Å². The third-order valence-electron chi connectivity index (χ3n) is 4.78. The van der Waals surface area contributed by atoms with Gasteiger partial charge in [0.05, 0.1) is 20.6 Å². The van der Waals surface area contributed by atoms with E-state index in [2.05, 4.69) is 5.32 Å². The highest BCUT2D eigenvalue weighted by Gasteiger charge is 2.19. The Hall–Kier alpha value is -2.99. The number of nitrogens with zero attached hydrogens (tertiary/aromatic N) is 1. The summed E-state index contributed by atoms with van der Waals surface area (Å²) in [7, 11) is 3.21. The van der Waals surface area contributed by atoms with E-state index in [0.29, 0.717) is 31.1 Å². The van der Waals surface area contributed by atoms with E-state index in [1.54, 1.807) is 19.1 Å². The van der Waals surface area contributed by atoms with Gasteiger partial charge in [-0.15, -0.1) is 0 Å². The molecule has 0 atom stereocenters. The van der Waals surface area contributed by atoms with E-state index in [1.807, 2.05) is 54.7 Å². The fourth-order valence-electron chi connectivity index (χ4n) is 3.22. The molecule has 0 aliphatic carbocycles. The summed E-state index contributed by atoms with van der Waals surface area (Å²) in [5.41, 5.74) is 1.93. The summed E-state index contributed by atoms with van der Waals surface area (Å²) in [6.07, 6.45) is 5.04. The van der Waals surface area contributed by atoms with Crippen molar-refractivity contribution in [3.05, 3.63) is 59.8 Å². The number of fused-ring (bicyclic) bond motifs is 1. The average Bonchev–Trinajstić information content (AvgIpc) is 2.90. The lowest BCUT2D eigenvalue weighted by Gasteiger charge is -2.17. The van der Waals surface area contributed by atoms with E-state index >= 15 is 0 Å². The summed E-state index contributed by atoms with van der Waals surface area (Å²) in [5.74, 6) is 2.27. The number of carbonyl (C=O) groups excluding carboxylic acids is 1. The molecular weight excluding hydrogens is 368 g/mol. The van der Waals surface area contributed by atoms with Crippen molar-refractivity contribution in [1.29, 1.82) is 0 Å². The first-order chi connectivity index (χ1) is 14.2. The van der Waals surface area contributed by atoms with E-state index in [-0.39, 0.29) is 5.91 Å². The first-order valence-corrected chi connectivity index (χ1v) is 9.82. The topological polar surface area (TPSA) is 60.0 Å². The molecule has 1 amide bonds. The molecule has 0 saturated carbocycles. The SMILES string of the molecule is COc1cc2c(cc1OC)CC(=O)N(CCCNCCOc1ccccc1)C=C2. The second kappa shape index (κ2) is 10.5. The molecule has 2 aromatic carbocycles. The summed E-state index contributed by atoms with van der Waals surface area (Å²) >= 11 is 0. The average molecular weight is 396 g/mol. The molecule has 0 aromatic heterocycles. The van der Waals surface area contributed by atoms with E-state index in [4.69, 9.17) is 14.2 Å². The van der Waals surface area contributed by atoms with Gasteiger partial charge in [-0.1, -0.05) is 18.2 Å². The van der Waals surface area contributed by atoms with Gasteiger partial charge in [0.1, 0.15) is 12.4 Å². The molecule has 29 heavy (non-hydrogen) atoms. The quantitative estimate of drug-likeness (QED) is 0.626. The minimum absolute atomic E-state index is 0.0830. The maximum atomic E-state index is 12.6. The predicted octanol–water partition coefficient (Wildman–Crippen LogP) is 3.12. The third kappa shape index (κ3) is 5.74. The van der Waals surface area contributed by atoms with E-state index in [9.17, 15) is 4.79 Å². The van der Waals surface area contributed by atoms with Gasteiger partial charge in [0.2, 0.25) is 5.91 Å². The maximum absolute atomic E-state index is 12.6. The van der Waals surface area contributed by atoms with E-state index in [1.165, 1.54) is 0 Å². The highest BCUT2D eigenvalue weighted by atomic mass is 16.5. The molecule has 0 fully saturated rings. The van der Waals surface area contributed by atoms with Crippen LogP contribution >= 0.6 is 0 Å². The lowest BCUT2D eigenvalue weighted by molar-refractivity contribution is -0.127. The molecule has 3 rings (SSSR count). The highest BCUT2D eigenvalue weighted by molar-refractivity contribution is 5.84. The van der Waals surface area contributed by atoms with Gasteiger partial charge in [-0.05, 0) is 54.4 Å². The first kappa shape index (κ1) is 20.7. The Balaban J connectivity index is 1.43. The number of methoxy groups -OCH3 is 2. The second-order valence-electron chi connectivity index (χ2n) is 6.75. The third-order valence-corrected chi connectivity index (χ3v) is 4.78. The van der Waals surface area contributed by atoms with Gasteiger partial charge in [-0.25, -0.2) is 0 Å². The molecule has 0 spiro atoms. The Morgan fingerprint density at radius 1 is 1.03 bits per heavy atom. The molecule has 1 N–H and O–H groups in total. The maximum Gasteiger partial charge on any atom is 0.230 e. The van der Waals surface area contributed by atoms with E-state index < -0.39 is 0 Å². The monoisotopic (exact) mass is 396 g/mol. The Kier molecular flexibility index (Phi) is 7.53. The Morgan fingerprint density at radius 2 is 1.79 bits per heavy atom. The number of ether oxygens (including phenoxy) is 3. The molecule has 1 heterocycles. The minimum Gasteiger partial charge on any atom is -0.493 e. The number of rotatable bonds is 10. The van der Waals surface area contributed by atoms with Crippen molar-refractivity contribution in [2.75, 3.05) is 40.5 Å². The van der Waals surface area contributed by atoms with Crippen molar-refractivity contribution in [2.24, 2.45) is 0 Å². The first-order valence-electron chi connectivity index (χ1n) is 9.82. The van der Waals surface area contributed by atoms with Crippen molar-refractivity contribution >= 4 is 12.0 Å². The van der Waals surface area contributed by atoms with Crippen LogP contribution in [0.25, 0.3) is 6.08 Å². The van der Waals surface area contributed by atoms with Crippen LogP contribution < -0.4 is 19.5 Å². The summed E-state index contributed by atoms with van der Waals surface area (Å²) in [6.45, 7) is 2.88. The van der Waals surface area contributed by atoms with Gasteiger partial charge in [0, 0.05) is 19.3 Å². The zero-order valence-electron chi connectivity index (χ0n) is 17.0. The highest BCUT2D eigenvalue weighted by Crippen LogP contribution is 2.32. The molecule has 0 unspecified atom stereocenters. The van der Waals surface area contributed by atoms with Crippen LogP contribution in [0, 0.1) is 0 Å². The summed E-state index contributed by atoms with van der Waals surface area (Å²) < 4.78 is 16.4. The van der Waals surface area contributed by atoms with Gasteiger partial charge in [0.25, 0.3) is 0 Å². The number of para-hydroxylation sites is 1. The van der Waals surface area contributed by atoms with Crippen LogP contribution in [-0.4, -0.2) is 51.3 Å². The molecule has 154 valence electrons. The zero-order valence-corrected chi connectivity index (χ0v) is 17.0. The molecule has 0 radical (unpaired) electrons. The number of hydrogen-bond donors (Lipinski definition) is 1. The fourth-order valence-corrected chi connectivity index (χ4v) is 3.22. The van der Waals surface area contributed by atoms with Crippen molar-refractivity contribution in [2.45, 2.75) is 12.8 Å². The van der Waals surface area contributed by atoms with Crippen molar-refractivity contribution in [3.63, 3.8) is 0 Å². The lowest BCUT2D eigenvalue weighted by atomic mass is 10.0. The summed E-state index contributed by atoms with van der Waals surface area (Å²) in [4.78, 5) is 14.4. The largest absolute Gasteiger partial charge is 0.493 e. The normalized spacial score (nSPS) is 13.0. The number of hydrogen-bond acceptors (Lipinski definition) is 5. The van der Waals surface area contributed by atoms with Crippen molar-refractivity contribution in [1.82, 2.24) is 10.2 Å². The number of nitrogens with one attached hydrogen (secondary N) is 1. The van der Waals surface area contributed by atoms with E-state index in [0.717, 1.165) is 36.4 Å². The van der Waals surface area contributed by atoms with Gasteiger partial charge in [-0.2, -0.15) is 0 Å². The standard InChI is InChI=1S/C23H28N2O4/c1-27-21-15-18-9-13-25(23(26)17-19(18)16-22(21)28-2)12-6-10-24-11-14-29-20-7-4-3-5-8-20/h3-5,7-9,13,15-16,24H,6,10-12,14,17H2,1-2H3. The second-order valence-corrected chi connectivity index (χ2v) is 6.75. The van der Waals surface area contributed by atoms with Crippen molar-refractivity contribution < 1.29 is 19.0 Å². The van der Waals surface area contributed by atoms with Crippen LogP contribution in [0.4, 0.5) is 0 Å². The molecule has 0 bridgehead atoms. The molecule has 6 heteroatoms. The molecule has 1 aliphatic heterocycles. The van der Waals surface area contributed by atoms with Gasteiger partial charge >= 0.3 is 0 Å². The van der Waals surface area contributed by atoms with Crippen molar-refractivity contribution in [3.8, 4) is 17.2 Å². The van der Waals surface area contributed by atoms with Crippen LogP contribution in [0.1, 0.15) is 17.5 Å². The smallest absolute Gasteiger partial charge is 0.230 e. The van der Waals surface area contributed by atoms with Crippen LogP contribution in [0.15, 0.2) is 48.7 Å². The molecule has 6 nitrogen and oxygen atoms in total. The van der Waals surface area contributed by atoms with Gasteiger partial charge in [0.15, 0.2) is 11.5 Å². The summed E-state index contributed by atoms with van der Waals surface area (Å²) in [5, 5.41) is 3.35. The summed E-state index contributed by atoms with van der Waals surface area (Å²) in [6, 6.07) is 13.6. The number of benzene rings is 2. The zero-order chi connectivity index (χ0) is 20.5. The van der Waals surface area contributed by atoms with Crippen LogP contribution in [0.3, 0.4) is 0 Å². The molecular formula is C23H28N2O4. The number of carbonyl (C=O) groups is 1. The number of amides is 1. The van der Waals surface area contributed by atoms with Gasteiger partial charge in [-0.3, -0.25) is 4.79 Å². The minimum atomic E-state index is 0.0830. The Labute approximate surface area is 172 Å². The molecule has 1 aliphatic rings. The fraction of sp³-hybridized carbons (Fsp3) is 0.348.